The molecule has 5 nitrogen and oxygen atoms in total. The molecular formula is C19H23N3O2. The van der Waals surface area contributed by atoms with Gasteiger partial charge >= 0.3 is 6.03 Å². The number of carbonyl (C=O) groups is 1. The third kappa shape index (κ3) is 4.47. The third-order valence-electron chi connectivity index (χ3n) is 4.17. The molecule has 5 heteroatoms. The number of carbonyl (C=O) groups excluding carboxylic acids is 1. The number of rotatable bonds is 5. The van der Waals surface area contributed by atoms with Gasteiger partial charge in [-0.15, -0.1) is 0 Å². The summed E-state index contributed by atoms with van der Waals surface area (Å²) in [5.74, 6) is 1.38. The molecule has 1 atom stereocenters. The molecule has 0 aliphatic carbocycles. The van der Waals surface area contributed by atoms with Crippen LogP contribution < -0.4 is 10.1 Å². The number of nitrogens with zero attached hydrogens (tertiary/aromatic N) is 2. The molecule has 126 valence electrons. The van der Waals surface area contributed by atoms with Crippen LogP contribution in [-0.4, -0.2) is 29.0 Å². The van der Waals surface area contributed by atoms with E-state index in [0.29, 0.717) is 19.1 Å². The minimum absolute atomic E-state index is 0.0131. The lowest BCUT2D eigenvalue weighted by Crippen LogP contribution is -2.37. The van der Waals surface area contributed by atoms with Crippen molar-refractivity contribution >= 4 is 6.03 Å². The zero-order valence-electron chi connectivity index (χ0n) is 13.9. The molecule has 3 rings (SSSR count). The Morgan fingerprint density at radius 2 is 2.25 bits per heavy atom. The molecule has 1 aromatic carbocycles. The van der Waals surface area contributed by atoms with E-state index >= 15 is 0 Å². The lowest BCUT2D eigenvalue weighted by Gasteiger charge is -2.17. The molecule has 0 unspecified atom stereocenters. The van der Waals surface area contributed by atoms with Crippen LogP contribution in [0.15, 0.2) is 48.7 Å². The molecule has 1 aromatic heterocycles. The Kier molecular flexibility index (Phi) is 5.31. The maximum atomic E-state index is 12.1. The minimum atomic E-state index is 0.0131. The summed E-state index contributed by atoms with van der Waals surface area (Å²) in [6.45, 7) is 4.81. The first-order valence-corrected chi connectivity index (χ1v) is 8.35. The van der Waals surface area contributed by atoms with Crippen LogP contribution in [-0.2, 0) is 13.2 Å². The van der Waals surface area contributed by atoms with E-state index in [4.69, 9.17) is 4.74 Å². The fourth-order valence-electron chi connectivity index (χ4n) is 2.79. The van der Waals surface area contributed by atoms with Gasteiger partial charge in [0.2, 0.25) is 0 Å². The number of hydrogen-bond donors (Lipinski definition) is 1. The first-order valence-electron chi connectivity index (χ1n) is 8.35. The second kappa shape index (κ2) is 7.81. The largest absolute Gasteiger partial charge is 0.487 e. The average Bonchev–Trinajstić information content (AvgIpc) is 3.06. The van der Waals surface area contributed by atoms with Gasteiger partial charge in [0.05, 0.1) is 5.69 Å². The number of likely N-dealkylation sites (tertiary alicyclic amines) is 1. The standard InChI is InChI=1S/C19H23N3O2/c1-15-8-10-22(13-15)19(23)21-12-16-5-4-7-18(11-16)24-14-17-6-2-3-9-20-17/h2-7,9,11,15H,8,10,12-14H2,1H3,(H,21,23)/t15-/m1/s1. The van der Waals surface area contributed by atoms with Crippen LogP contribution in [0.25, 0.3) is 0 Å². The molecule has 2 aromatic rings. The fraction of sp³-hybridized carbons (Fsp3) is 0.368. The van der Waals surface area contributed by atoms with E-state index in [0.717, 1.165) is 36.5 Å². The molecule has 24 heavy (non-hydrogen) atoms. The van der Waals surface area contributed by atoms with Crippen molar-refractivity contribution in [2.75, 3.05) is 13.1 Å². The summed E-state index contributed by atoms with van der Waals surface area (Å²) < 4.78 is 5.77. The molecule has 1 aliphatic heterocycles. The molecule has 1 N–H and O–H groups in total. The molecule has 0 spiro atoms. The van der Waals surface area contributed by atoms with Crippen molar-refractivity contribution in [2.24, 2.45) is 5.92 Å². The van der Waals surface area contributed by atoms with Gasteiger partial charge in [-0.2, -0.15) is 0 Å². The van der Waals surface area contributed by atoms with Crippen molar-refractivity contribution < 1.29 is 9.53 Å². The number of hydrogen-bond acceptors (Lipinski definition) is 3. The quantitative estimate of drug-likeness (QED) is 0.918. The zero-order chi connectivity index (χ0) is 16.8. The average molecular weight is 325 g/mol. The van der Waals surface area contributed by atoms with Crippen LogP contribution in [0.5, 0.6) is 5.75 Å². The number of benzene rings is 1. The fourth-order valence-corrected chi connectivity index (χ4v) is 2.79. The van der Waals surface area contributed by atoms with Crippen LogP contribution in [0.4, 0.5) is 4.79 Å². The lowest BCUT2D eigenvalue weighted by atomic mass is 10.2. The molecule has 2 amide bonds. The van der Waals surface area contributed by atoms with E-state index in [2.05, 4.69) is 17.2 Å². The first kappa shape index (κ1) is 16.3. The number of nitrogens with one attached hydrogen (secondary N) is 1. The number of urea groups is 1. The van der Waals surface area contributed by atoms with Gasteiger partial charge in [0, 0.05) is 25.8 Å². The molecule has 2 heterocycles. The monoisotopic (exact) mass is 325 g/mol. The lowest BCUT2D eigenvalue weighted by molar-refractivity contribution is 0.207. The maximum absolute atomic E-state index is 12.1. The summed E-state index contributed by atoms with van der Waals surface area (Å²) in [7, 11) is 0. The van der Waals surface area contributed by atoms with Crippen molar-refractivity contribution in [1.82, 2.24) is 15.2 Å². The Hall–Kier alpha value is -2.56. The number of pyridine rings is 1. The number of ether oxygens (including phenoxy) is 1. The SMILES string of the molecule is C[C@@H]1CCN(C(=O)NCc2cccc(OCc3ccccn3)c2)C1. The van der Waals surface area contributed by atoms with Crippen LogP contribution in [0, 0.1) is 5.92 Å². The Morgan fingerprint density at radius 1 is 1.33 bits per heavy atom. The summed E-state index contributed by atoms with van der Waals surface area (Å²) in [5.41, 5.74) is 1.91. The van der Waals surface area contributed by atoms with E-state index in [1.165, 1.54) is 0 Å². The second-order valence-corrected chi connectivity index (χ2v) is 6.26. The van der Waals surface area contributed by atoms with Gasteiger partial charge < -0.3 is 15.0 Å². The van der Waals surface area contributed by atoms with Gasteiger partial charge in [-0.25, -0.2) is 4.79 Å². The van der Waals surface area contributed by atoms with E-state index in [9.17, 15) is 4.79 Å². The minimum Gasteiger partial charge on any atom is -0.487 e. The van der Waals surface area contributed by atoms with E-state index < -0.39 is 0 Å². The summed E-state index contributed by atoms with van der Waals surface area (Å²) in [6, 6.07) is 13.6. The van der Waals surface area contributed by atoms with Crippen molar-refractivity contribution in [3.8, 4) is 5.75 Å². The Morgan fingerprint density at radius 3 is 3.00 bits per heavy atom. The summed E-state index contributed by atoms with van der Waals surface area (Å²) in [4.78, 5) is 18.3. The predicted octanol–water partition coefficient (Wildman–Crippen LogP) is 3.21. The highest BCUT2D eigenvalue weighted by atomic mass is 16.5. The van der Waals surface area contributed by atoms with Gasteiger partial charge in [-0.1, -0.05) is 25.1 Å². The third-order valence-corrected chi connectivity index (χ3v) is 4.17. The van der Waals surface area contributed by atoms with Crippen LogP contribution in [0.3, 0.4) is 0 Å². The Bertz CT molecular complexity index is 675. The van der Waals surface area contributed by atoms with Crippen LogP contribution in [0.2, 0.25) is 0 Å². The molecule has 0 radical (unpaired) electrons. The zero-order valence-corrected chi connectivity index (χ0v) is 13.9. The predicted molar refractivity (Wildman–Crippen MR) is 92.6 cm³/mol. The van der Waals surface area contributed by atoms with Crippen LogP contribution in [0.1, 0.15) is 24.6 Å². The van der Waals surface area contributed by atoms with E-state index in [1.807, 2.05) is 47.4 Å². The van der Waals surface area contributed by atoms with Gasteiger partial charge in [-0.3, -0.25) is 4.98 Å². The molecule has 0 bridgehead atoms. The smallest absolute Gasteiger partial charge is 0.317 e. The second-order valence-electron chi connectivity index (χ2n) is 6.26. The summed E-state index contributed by atoms with van der Waals surface area (Å²) in [5, 5.41) is 2.98. The molecular weight excluding hydrogens is 302 g/mol. The van der Waals surface area contributed by atoms with Gasteiger partial charge in [0.25, 0.3) is 0 Å². The highest BCUT2D eigenvalue weighted by Crippen LogP contribution is 2.16. The molecule has 0 saturated carbocycles. The number of aromatic nitrogens is 1. The van der Waals surface area contributed by atoms with Crippen molar-refractivity contribution in [2.45, 2.75) is 26.5 Å². The topological polar surface area (TPSA) is 54.5 Å². The summed E-state index contributed by atoms with van der Waals surface area (Å²) in [6.07, 6.45) is 2.84. The maximum Gasteiger partial charge on any atom is 0.317 e. The van der Waals surface area contributed by atoms with Crippen molar-refractivity contribution in [3.05, 3.63) is 59.9 Å². The molecule has 1 fully saturated rings. The molecule has 1 saturated heterocycles. The highest BCUT2D eigenvalue weighted by Gasteiger charge is 2.22. The van der Waals surface area contributed by atoms with Crippen molar-refractivity contribution in [1.29, 1.82) is 0 Å². The van der Waals surface area contributed by atoms with Crippen molar-refractivity contribution in [3.63, 3.8) is 0 Å². The summed E-state index contributed by atoms with van der Waals surface area (Å²) >= 11 is 0. The normalized spacial score (nSPS) is 16.9. The van der Waals surface area contributed by atoms with Gasteiger partial charge in [0.1, 0.15) is 12.4 Å². The van der Waals surface area contributed by atoms with Gasteiger partial charge in [0.15, 0.2) is 0 Å². The van der Waals surface area contributed by atoms with Crippen LogP contribution >= 0.6 is 0 Å². The Balaban J connectivity index is 1.50. The first-order chi connectivity index (χ1) is 11.7. The number of amides is 2. The van der Waals surface area contributed by atoms with E-state index in [1.54, 1.807) is 6.20 Å². The van der Waals surface area contributed by atoms with E-state index in [-0.39, 0.29) is 6.03 Å². The molecule has 1 aliphatic rings. The highest BCUT2D eigenvalue weighted by molar-refractivity contribution is 5.74. The van der Waals surface area contributed by atoms with Gasteiger partial charge in [-0.05, 0) is 42.2 Å². The Labute approximate surface area is 142 Å².